The summed E-state index contributed by atoms with van der Waals surface area (Å²) in [4.78, 5) is 21.8. The highest BCUT2D eigenvalue weighted by Gasteiger charge is 2.22. The molecule has 1 unspecified atom stereocenters. The van der Waals surface area contributed by atoms with E-state index in [1.54, 1.807) is 20.8 Å². The summed E-state index contributed by atoms with van der Waals surface area (Å²) in [5.74, 6) is -0.280. The van der Waals surface area contributed by atoms with Crippen molar-refractivity contribution in [3.63, 3.8) is 0 Å². The molecule has 1 rings (SSSR count). The van der Waals surface area contributed by atoms with E-state index >= 15 is 0 Å². The average Bonchev–Trinajstić information content (AvgIpc) is 2.51. The summed E-state index contributed by atoms with van der Waals surface area (Å²) in [6, 6.07) is 9.88. The van der Waals surface area contributed by atoms with Crippen molar-refractivity contribution in [2.45, 2.75) is 78.0 Å². The molecule has 0 saturated carbocycles. The normalized spacial score (nSPS) is 12.4. The fraction of sp³-hybridized carbons (Fsp3) is 0.600. The molecule has 2 amide bonds. The number of nitrogens with two attached hydrogens (primary N) is 1. The maximum Gasteiger partial charge on any atom is 0.405 e. The summed E-state index contributed by atoms with van der Waals surface area (Å²) < 4.78 is 4.58. The fourth-order valence-electron chi connectivity index (χ4n) is 1.89. The second-order valence-electron chi connectivity index (χ2n) is 7.80. The van der Waals surface area contributed by atoms with E-state index in [0.29, 0.717) is 12.8 Å². The minimum Gasteiger partial charge on any atom is -0.444 e. The minimum atomic E-state index is -0.934. The number of ether oxygens (including phenoxy) is 1. The third-order valence-electron chi connectivity index (χ3n) is 3.60. The molecule has 0 saturated heterocycles. The van der Waals surface area contributed by atoms with Crippen LogP contribution in [0.2, 0.25) is 0 Å². The first-order chi connectivity index (χ1) is 11.9. The van der Waals surface area contributed by atoms with E-state index in [1.807, 2.05) is 51.1 Å². The number of hydrogen-bond donors (Lipinski definition) is 3. The van der Waals surface area contributed by atoms with Crippen LogP contribution in [0, 0.1) is 0 Å². The number of primary amides is 1. The van der Waals surface area contributed by atoms with Gasteiger partial charge in [0.25, 0.3) is 0 Å². The molecule has 0 aromatic heterocycles. The van der Waals surface area contributed by atoms with Gasteiger partial charge in [-0.25, -0.2) is 4.79 Å². The first kappa shape index (κ1) is 23.9. The zero-order chi connectivity index (χ0) is 20.4. The summed E-state index contributed by atoms with van der Waals surface area (Å²) in [5, 5.41) is 12.7. The van der Waals surface area contributed by atoms with Gasteiger partial charge in [0.05, 0.1) is 0 Å². The summed E-state index contributed by atoms with van der Waals surface area (Å²) in [6.45, 7) is 11.2. The Morgan fingerprint density at radius 2 is 1.69 bits per heavy atom. The maximum absolute atomic E-state index is 11.8. The van der Waals surface area contributed by atoms with Crippen molar-refractivity contribution < 1.29 is 19.4 Å². The van der Waals surface area contributed by atoms with Gasteiger partial charge < -0.3 is 20.9 Å². The van der Waals surface area contributed by atoms with E-state index in [-0.39, 0.29) is 11.4 Å². The van der Waals surface area contributed by atoms with E-state index in [1.165, 1.54) is 0 Å². The lowest BCUT2D eigenvalue weighted by atomic mass is 10.0. The van der Waals surface area contributed by atoms with Crippen LogP contribution in [0.5, 0.6) is 0 Å². The van der Waals surface area contributed by atoms with Gasteiger partial charge in [-0.1, -0.05) is 37.3 Å². The summed E-state index contributed by atoms with van der Waals surface area (Å²) >= 11 is 0. The standard InChI is InChI=1S/C15H23NO2.C5H11NO2/c1-4-15(2,3)16-14(18)13(17)11-10-12-8-6-5-7-9-12;1-5(2,3)8-4(6)7/h5-9,13,17H,4,10-11H2,1-3H3,(H,16,18);1-3H3,(H2,6,7). The average molecular weight is 367 g/mol. The maximum atomic E-state index is 11.8. The van der Waals surface area contributed by atoms with E-state index in [9.17, 15) is 14.7 Å². The molecule has 148 valence electrons. The monoisotopic (exact) mass is 366 g/mol. The number of carbonyl (C=O) groups is 2. The van der Waals surface area contributed by atoms with Crippen LogP contribution in [0.4, 0.5) is 4.79 Å². The van der Waals surface area contributed by atoms with E-state index in [4.69, 9.17) is 5.73 Å². The lowest BCUT2D eigenvalue weighted by molar-refractivity contribution is -0.131. The molecule has 0 fully saturated rings. The predicted octanol–water partition coefficient (Wildman–Crippen LogP) is 3.17. The van der Waals surface area contributed by atoms with E-state index in [2.05, 4.69) is 10.1 Å². The number of aliphatic hydroxyl groups excluding tert-OH is 1. The molecule has 0 heterocycles. The Kier molecular flexibility index (Phi) is 9.94. The summed E-state index contributed by atoms with van der Waals surface area (Å²) in [5.41, 5.74) is 5.14. The van der Waals surface area contributed by atoms with Gasteiger partial charge >= 0.3 is 6.09 Å². The van der Waals surface area contributed by atoms with Gasteiger partial charge in [0.15, 0.2) is 0 Å². The molecule has 4 N–H and O–H groups in total. The highest BCUT2D eigenvalue weighted by Crippen LogP contribution is 2.09. The van der Waals surface area contributed by atoms with Crippen LogP contribution in [0.15, 0.2) is 30.3 Å². The smallest absolute Gasteiger partial charge is 0.405 e. The summed E-state index contributed by atoms with van der Waals surface area (Å²) in [7, 11) is 0. The predicted molar refractivity (Wildman–Crippen MR) is 104 cm³/mol. The zero-order valence-electron chi connectivity index (χ0n) is 16.8. The molecule has 6 heteroatoms. The van der Waals surface area contributed by atoms with Crippen molar-refractivity contribution >= 4 is 12.0 Å². The van der Waals surface area contributed by atoms with Gasteiger partial charge in [0.2, 0.25) is 5.91 Å². The van der Waals surface area contributed by atoms with E-state index in [0.717, 1.165) is 12.0 Å². The molecule has 0 bridgehead atoms. The number of hydrogen-bond acceptors (Lipinski definition) is 4. The van der Waals surface area contributed by atoms with Crippen molar-refractivity contribution in [1.82, 2.24) is 5.32 Å². The van der Waals surface area contributed by atoms with Crippen molar-refractivity contribution in [3.8, 4) is 0 Å². The first-order valence-electron chi connectivity index (χ1n) is 8.89. The Morgan fingerprint density at radius 3 is 2.08 bits per heavy atom. The molecule has 6 nitrogen and oxygen atoms in total. The van der Waals surface area contributed by atoms with Crippen LogP contribution in [0.3, 0.4) is 0 Å². The second-order valence-corrected chi connectivity index (χ2v) is 7.80. The molecule has 1 aromatic carbocycles. The van der Waals surface area contributed by atoms with Crippen LogP contribution in [-0.4, -0.2) is 34.4 Å². The van der Waals surface area contributed by atoms with Crippen LogP contribution >= 0.6 is 0 Å². The lowest BCUT2D eigenvalue weighted by Gasteiger charge is -2.26. The van der Waals surface area contributed by atoms with Crippen molar-refractivity contribution in [3.05, 3.63) is 35.9 Å². The van der Waals surface area contributed by atoms with Gasteiger partial charge in [0.1, 0.15) is 11.7 Å². The van der Waals surface area contributed by atoms with Crippen molar-refractivity contribution in [2.75, 3.05) is 0 Å². The van der Waals surface area contributed by atoms with Gasteiger partial charge in [-0.15, -0.1) is 0 Å². The third kappa shape index (κ3) is 12.3. The quantitative estimate of drug-likeness (QED) is 0.719. The van der Waals surface area contributed by atoms with Gasteiger partial charge in [-0.3, -0.25) is 4.79 Å². The Labute approximate surface area is 157 Å². The van der Waals surface area contributed by atoms with Gasteiger partial charge in [-0.2, -0.15) is 0 Å². The molecule has 0 spiro atoms. The van der Waals surface area contributed by atoms with Crippen LogP contribution in [0.1, 0.15) is 59.9 Å². The number of rotatable bonds is 6. The van der Waals surface area contributed by atoms with Crippen LogP contribution in [-0.2, 0) is 16.0 Å². The van der Waals surface area contributed by atoms with Gasteiger partial charge in [-0.05, 0) is 59.4 Å². The number of amides is 2. The molecule has 1 aromatic rings. The Hall–Kier alpha value is -2.08. The molecular weight excluding hydrogens is 332 g/mol. The third-order valence-corrected chi connectivity index (χ3v) is 3.60. The largest absolute Gasteiger partial charge is 0.444 e. The second kappa shape index (κ2) is 10.8. The highest BCUT2D eigenvalue weighted by molar-refractivity contribution is 5.81. The van der Waals surface area contributed by atoms with E-state index < -0.39 is 17.8 Å². The first-order valence-corrected chi connectivity index (χ1v) is 8.89. The Morgan fingerprint density at radius 1 is 1.15 bits per heavy atom. The lowest BCUT2D eigenvalue weighted by Crippen LogP contribution is -2.47. The van der Waals surface area contributed by atoms with Crippen LogP contribution in [0.25, 0.3) is 0 Å². The van der Waals surface area contributed by atoms with Crippen LogP contribution < -0.4 is 11.1 Å². The number of nitrogens with one attached hydrogen (secondary N) is 1. The zero-order valence-corrected chi connectivity index (χ0v) is 16.8. The summed E-state index contributed by atoms with van der Waals surface area (Å²) in [6.07, 6.45) is 0.343. The minimum absolute atomic E-state index is 0.259. The Balaban J connectivity index is 0.000000660. The number of benzene rings is 1. The number of aryl methyl sites for hydroxylation is 1. The molecule has 0 aliphatic rings. The molecule has 0 aliphatic carbocycles. The molecule has 0 aliphatic heterocycles. The Bertz CT molecular complexity index is 551. The van der Waals surface area contributed by atoms with Crippen molar-refractivity contribution in [2.24, 2.45) is 5.73 Å². The molecule has 1 atom stereocenters. The van der Waals surface area contributed by atoms with Gasteiger partial charge in [0, 0.05) is 5.54 Å². The number of aliphatic hydroxyl groups is 1. The fourth-order valence-corrected chi connectivity index (χ4v) is 1.89. The molecular formula is C20H34N2O4. The molecule has 26 heavy (non-hydrogen) atoms. The highest BCUT2D eigenvalue weighted by atomic mass is 16.6. The topological polar surface area (TPSA) is 102 Å². The molecule has 0 radical (unpaired) electrons. The van der Waals surface area contributed by atoms with Crippen molar-refractivity contribution in [1.29, 1.82) is 0 Å². The SMILES string of the molecule is CC(C)(C)OC(N)=O.CCC(C)(C)NC(=O)C(O)CCc1ccccc1. The number of carbonyl (C=O) groups excluding carboxylic acids is 2.